The fraction of sp³-hybridized carbons (Fsp3) is 0.308. The first-order valence-corrected chi connectivity index (χ1v) is 8.45. The van der Waals surface area contributed by atoms with E-state index in [9.17, 15) is 8.42 Å². The zero-order valence-electron chi connectivity index (χ0n) is 11.1. The summed E-state index contributed by atoms with van der Waals surface area (Å²) in [6.07, 6.45) is 3.82. The molecule has 1 saturated carbocycles. The number of aromatic nitrogens is 2. The molecule has 1 aromatic carbocycles. The van der Waals surface area contributed by atoms with Crippen molar-refractivity contribution in [1.29, 1.82) is 0 Å². The summed E-state index contributed by atoms with van der Waals surface area (Å²) in [5.74, 6) is 0. The minimum Gasteiger partial charge on any atom is -0.310 e. The lowest BCUT2D eigenvalue weighted by Gasteiger charge is -2.08. The molecule has 0 unspecified atom stereocenters. The Kier molecular flexibility index (Phi) is 3.88. The molecular formula is C13H15ClN4O2S. The van der Waals surface area contributed by atoms with Crippen LogP contribution in [0.4, 0.5) is 5.69 Å². The molecule has 8 heteroatoms. The van der Waals surface area contributed by atoms with E-state index in [1.165, 1.54) is 6.20 Å². The lowest BCUT2D eigenvalue weighted by Crippen LogP contribution is -2.19. The highest BCUT2D eigenvalue weighted by atomic mass is 35.5. The van der Waals surface area contributed by atoms with E-state index in [1.807, 2.05) is 0 Å². The van der Waals surface area contributed by atoms with Crippen molar-refractivity contribution in [3.63, 3.8) is 0 Å². The maximum absolute atomic E-state index is 12.4. The molecule has 0 bridgehead atoms. The maximum Gasteiger partial charge on any atom is 0.279 e. The van der Waals surface area contributed by atoms with Crippen molar-refractivity contribution in [3.8, 4) is 0 Å². The standard InChI is InChI=1S/C13H15ClN4O2S/c14-10-1-3-12(4-2-10)18-21(19,20)13-9(8-16-17-13)7-15-11-5-6-11/h1-4,8,11,15,18H,5-7H2,(H,16,17). The van der Waals surface area contributed by atoms with Crippen LogP contribution in [0.1, 0.15) is 18.4 Å². The summed E-state index contributed by atoms with van der Waals surface area (Å²) in [6.45, 7) is 0.484. The molecule has 21 heavy (non-hydrogen) atoms. The molecule has 2 aromatic rings. The Labute approximate surface area is 128 Å². The maximum atomic E-state index is 12.4. The van der Waals surface area contributed by atoms with Crippen LogP contribution >= 0.6 is 11.6 Å². The number of nitrogens with one attached hydrogen (secondary N) is 3. The summed E-state index contributed by atoms with van der Waals surface area (Å²) in [5, 5.41) is 10.3. The minimum absolute atomic E-state index is 0.0885. The van der Waals surface area contributed by atoms with Crippen molar-refractivity contribution in [1.82, 2.24) is 15.5 Å². The molecule has 3 N–H and O–H groups in total. The number of benzene rings is 1. The SMILES string of the molecule is O=S(=O)(Nc1ccc(Cl)cc1)c1[nH]ncc1CNC1CC1. The van der Waals surface area contributed by atoms with E-state index in [4.69, 9.17) is 11.6 Å². The first kappa shape index (κ1) is 14.4. The second kappa shape index (κ2) is 5.67. The molecule has 0 radical (unpaired) electrons. The first-order valence-electron chi connectivity index (χ1n) is 6.58. The number of halogens is 1. The number of anilines is 1. The van der Waals surface area contributed by atoms with Gasteiger partial charge in [0, 0.05) is 28.9 Å². The number of hydrogen-bond donors (Lipinski definition) is 3. The summed E-state index contributed by atoms with van der Waals surface area (Å²) < 4.78 is 27.3. The van der Waals surface area contributed by atoms with Gasteiger partial charge in [0.25, 0.3) is 10.0 Å². The van der Waals surface area contributed by atoms with Crippen molar-refractivity contribution >= 4 is 27.3 Å². The predicted octanol–water partition coefficient (Wildman–Crippen LogP) is 2.12. The van der Waals surface area contributed by atoms with Crippen LogP contribution in [-0.2, 0) is 16.6 Å². The van der Waals surface area contributed by atoms with Gasteiger partial charge >= 0.3 is 0 Å². The molecule has 6 nitrogen and oxygen atoms in total. The van der Waals surface area contributed by atoms with Crippen molar-refractivity contribution in [2.75, 3.05) is 4.72 Å². The van der Waals surface area contributed by atoms with E-state index >= 15 is 0 Å². The minimum atomic E-state index is -3.69. The molecule has 0 spiro atoms. The van der Waals surface area contributed by atoms with Crippen LogP contribution in [-0.4, -0.2) is 24.7 Å². The lowest BCUT2D eigenvalue weighted by molar-refractivity contribution is 0.593. The summed E-state index contributed by atoms with van der Waals surface area (Å²) in [5.41, 5.74) is 1.08. The molecule has 0 amide bonds. The number of rotatable bonds is 6. The molecule has 1 aromatic heterocycles. The highest BCUT2D eigenvalue weighted by Crippen LogP contribution is 2.22. The van der Waals surface area contributed by atoms with Crippen molar-refractivity contribution in [2.45, 2.75) is 30.5 Å². The van der Waals surface area contributed by atoms with Gasteiger partial charge < -0.3 is 5.32 Å². The van der Waals surface area contributed by atoms with Crippen LogP contribution < -0.4 is 10.0 Å². The average Bonchev–Trinajstić information content (AvgIpc) is 3.14. The topological polar surface area (TPSA) is 86.9 Å². The monoisotopic (exact) mass is 326 g/mol. The molecule has 3 rings (SSSR count). The number of aromatic amines is 1. The first-order chi connectivity index (χ1) is 10.0. The number of hydrogen-bond acceptors (Lipinski definition) is 4. The fourth-order valence-electron chi connectivity index (χ4n) is 1.92. The summed E-state index contributed by atoms with van der Waals surface area (Å²) >= 11 is 5.78. The molecule has 0 atom stereocenters. The molecule has 1 aliphatic rings. The van der Waals surface area contributed by atoms with Crippen LogP contribution in [0, 0.1) is 0 Å². The van der Waals surface area contributed by atoms with E-state index in [2.05, 4.69) is 20.2 Å². The van der Waals surface area contributed by atoms with E-state index in [1.54, 1.807) is 24.3 Å². The highest BCUT2D eigenvalue weighted by molar-refractivity contribution is 7.92. The lowest BCUT2D eigenvalue weighted by atomic mass is 10.3. The summed E-state index contributed by atoms with van der Waals surface area (Å²) in [4.78, 5) is 0. The Morgan fingerprint density at radius 3 is 2.67 bits per heavy atom. The third-order valence-electron chi connectivity index (χ3n) is 3.20. The molecule has 0 saturated heterocycles. The second-order valence-electron chi connectivity index (χ2n) is 4.99. The summed E-state index contributed by atoms with van der Waals surface area (Å²) in [6, 6.07) is 6.97. The third kappa shape index (κ3) is 3.55. The molecule has 1 aliphatic carbocycles. The van der Waals surface area contributed by atoms with Crippen LogP contribution in [0.5, 0.6) is 0 Å². The third-order valence-corrected chi connectivity index (χ3v) is 4.85. The fourth-order valence-corrected chi connectivity index (χ4v) is 3.24. The van der Waals surface area contributed by atoms with Gasteiger partial charge in [0.1, 0.15) is 0 Å². The van der Waals surface area contributed by atoms with Crippen LogP contribution in [0.25, 0.3) is 0 Å². The van der Waals surface area contributed by atoms with Crippen LogP contribution in [0.15, 0.2) is 35.5 Å². The molecule has 1 fully saturated rings. The molecule has 112 valence electrons. The second-order valence-corrected chi connectivity index (χ2v) is 7.05. The van der Waals surface area contributed by atoms with E-state index in [-0.39, 0.29) is 5.03 Å². The van der Waals surface area contributed by atoms with Gasteiger partial charge in [-0.2, -0.15) is 13.5 Å². The Morgan fingerprint density at radius 1 is 1.29 bits per heavy atom. The molecule has 1 heterocycles. The van der Waals surface area contributed by atoms with Crippen molar-refractivity contribution in [3.05, 3.63) is 41.0 Å². The van der Waals surface area contributed by atoms with E-state index < -0.39 is 10.0 Å². The quantitative estimate of drug-likeness (QED) is 0.759. The molecule has 0 aliphatic heterocycles. The van der Waals surface area contributed by atoms with Gasteiger partial charge in [-0.15, -0.1) is 0 Å². The Bertz CT molecular complexity index is 723. The van der Waals surface area contributed by atoms with Gasteiger partial charge in [0.15, 0.2) is 5.03 Å². The predicted molar refractivity (Wildman–Crippen MR) is 80.7 cm³/mol. The summed E-state index contributed by atoms with van der Waals surface area (Å²) in [7, 11) is -3.69. The van der Waals surface area contributed by atoms with Gasteiger partial charge in [-0.25, -0.2) is 0 Å². The van der Waals surface area contributed by atoms with Gasteiger partial charge in [-0.3, -0.25) is 9.82 Å². The zero-order valence-corrected chi connectivity index (χ0v) is 12.7. The number of H-pyrrole nitrogens is 1. The van der Waals surface area contributed by atoms with Crippen molar-refractivity contribution in [2.24, 2.45) is 0 Å². The van der Waals surface area contributed by atoms with Gasteiger partial charge in [-0.1, -0.05) is 11.6 Å². The zero-order chi connectivity index (χ0) is 14.9. The van der Waals surface area contributed by atoms with Gasteiger partial charge in [0.2, 0.25) is 0 Å². The van der Waals surface area contributed by atoms with Gasteiger partial charge in [-0.05, 0) is 37.1 Å². The highest BCUT2D eigenvalue weighted by Gasteiger charge is 2.24. The van der Waals surface area contributed by atoms with E-state index in [0.717, 1.165) is 12.8 Å². The normalized spacial score (nSPS) is 15.1. The van der Waals surface area contributed by atoms with Crippen LogP contribution in [0.2, 0.25) is 5.02 Å². The number of nitrogens with zero attached hydrogens (tertiary/aromatic N) is 1. The Balaban J connectivity index is 1.77. The smallest absolute Gasteiger partial charge is 0.279 e. The largest absolute Gasteiger partial charge is 0.310 e. The Hall–Kier alpha value is -1.57. The van der Waals surface area contributed by atoms with Crippen LogP contribution in [0.3, 0.4) is 0 Å². The number of sulfonamides is 1. The van der Waals surface area contributed by atoms with E-state index in [0.29, 0.717) is 28.9 Å². The molecular weight excluding hydrogens is 312 g/mol. The van der Waals surface area contributed by atoms with Gasteiger partial charge in [0.05, 0.1) is 6.20 Å². The van der Waals surface area contributed by atoms with Crippen molar-refractivity contribution < 1.29 is 8.42 Å². The average molecular weight is 327 g/mol. The Morgan fingerprint density at radius 2 is 2.00 bits per heavy atom.